The van der Waals surface area contributed by atoms with Crippen LogP contribution in [-0.2, 0) is 7.05 Å². The summed E-state index contributed by atoms with van der Waals surface area (Å²) in [7, 11) is 1.94. The SMILES string of the molecule is Cc1nccn1-c1ccc(N2CCN(c3ncnc4c3ncn4C)CC2)nn1. The van der Waals surface area contributed by atoms with Crippen molar-refractivity contribution in [2.45, 2.75) is 6.92 Å². The summed E-state index contributed by atoms with van der Waals surface area (Å²) in [6.07, 6.45) is 7.03. The van der Waals surface area contributed by atoms with E-state index in [2.05, 4.69) is 39.9 Å². The molecule has 0 unspecified atom stereocenters. The predicted molar refractivity (Wildman–Crippen MR) is 105 cm³/mol. The fourth-order valence-corrected chi connectivity index (χ4v) is 3.55. The van der Waals surface area contributed by atoms with Crippen molar-refractivity contribution in [1.29, 1.82) is 0 Å². The highest BCUT2D eigenvalue weighted by atomic mass is 15.3. The highest BCUT2D eigenvalue weighted by molar-refractivity contribution is 5.83. The molecule has 1 fully saturated rings. The molecule has 10 nitrogen and oxygen atoms in total. The Bertz CT molecular complexity index is 1110. The highest BCUT2D eigenvalue weighted by Crippen LogP contribution is 2.23. The molecule has 0 aliphatic carbocycles. The molecule has 5 heterocycles. The second-order valence-corrected chi connectivity index (χ2v) is 6.79. The lowest BCUT2D eigenvalue weighted by molar-refractivity contribution is 0.638. The van der Waals surface area contributed by atoms with Gasteiger partial charge in [0.05, 0.1) is 6.33 Å². The largest absolute Gasteiger partial charge is 0.352 e. The Morgan fingerprint density at radius 3 is 2.32 bits per heavy atom. The molecule has 1 aliphatic heterocycles. The molecule has 0 amide bonds. The molecule has 142 valence electrons. The van der Waals surface area contributed by atoms with Crippen molar-refractivity contribution < 1.29 is 0 Å². The molecule has 1 saturated heterocycles. The molecule has 4 aromatic heterocycles. The number of aromatic nitrogens is 8. The van der Waals surface area contributed by atoms with Crippen molar-refractivity contribution in [2.75, 3.05) is 36.0 Å². The molecule has 1 aliphatic rings. The average molecular weight is 376 g/mol. The zero-order valence-corrected chi connectivity index (χ0v) is 15.8. The first kappa shape index (κ1) is 16.6. The molecule has 5 rings (SSSR count). The standard InChI is InChI=1S/C18H20N10/c1-13-19-5-6-28(13)15-4-3-14(23-24-15)26-7-9-27(10-8-26)18-16-17(20-11-21-18)25(2)12-22-16/h3-6,11-12H,7-10H2,1-2H3. The van der Waals surface area contributed by atoms with E-state index in [1.807, 2.05) is 41.4 Å². The Morgan fingerprint density at radius 1 is 0.857 bits per heavy atom. The highest BCUT2D eigenvalue weighted by Gasteiger charge is 2.22. The normalized spacial score (nSPS) is 14.8. The number of hydrogen-bond acceptors (Lipinski definition) is 8. The Morgan fingerprint density at radius 2 is 1.61 bits per heavy atom. The monoisotopic (exact) mass is 376 g/mol. The zero-order chi connectivity index (χ0) is 19.1. The molecule has 28 heavy (non-hydrogen) atoms. The van der Waals surface area contributed by atoms with Gasteiger partial charge in [-0.3, -0.25) is 4.57 Å². The van der Waals surface area contributed by atoms with Gasteiger partial charge in [0.1, 0.15) is 12.2 Å². The van der Waals surface area contributed by atoms with Gasteiger partial charge in [-0.05, 0) is 19.1 Å². The Kier molecular flexibility index (Phi) is 3.89. The summed E-state index contributed by atoms with van der Waals surface area (Å²) < 4.78 is 3.83. The number of nitrogens with zero attached hydrogens (tertiary/aromatic N) is 10. The van der Waals surface area contributed by atoms with E-state index in [4.69, 9.17) is 0 Å². The van der Waals surface area contributed by atoms with Crippen LogP contribution >= 0.6 is 0 Å². The van der Waals surface area contributed by atoms with E-state index in [0.717, 1.165) is 60.6 Å². The van der Waals surface area contributed by atoms with Crippen LogP contribution in [0.25, 0.3) is 17.0 Å². The Hall–Kier alpha value is -3.56. The van der Waals surface area contributed by atoms with Crippen LogP contribution in [0.5, 0.6) is 0 Å². The van der Waals surface area contributed by atoms with Crippen LogP contribution in [0.3, 0.4) is 0 Å². The van der Waals surface area contributed by atoms with E-state index >= 15 is 0 Å². The first-order chi connectivity index (χ1) is 13.7. The van der Waals surface area contributed by atoms with Gasteiger partial charge in [0.25, 0.3) is 0 Å². The van der Waals surface area contributed by atoms with Crippen LogP contribution in [0, 0.1) is 6.92 Å². The smallest absolute Gasteiger partial charge is 0.165 e. The number of imidazole rings is 2. The third-order valence-corrected chi connectivity index (χ3v) is 5.09. The molecule has 0 aromatic carbocycles. The minimum absolute atomic E-state index is 0.774. The van der Waals surface area contributed by atoms with Crippen LogP contribution in [0.4, 0.5) is 11.6 Å². The molecule has 0 saturated carbocycles. The maximum absolute atomic E-state index is 4.47. The van der Waals surface area contributed by atoms with Crippen LogP contribution < -0.4 is 9.80 Å². The van der Waals surface area contributed by atoms with Gasteiger partial charge in [-0.25, -0.2) is 19.9 Å². The molecule has 10 heteroatoms. The van der Waals surface area contributed by atoms with Crippen molar-refractivity contribution in [1.82, 2.24) is 39.3 Å². The second kappa shape index (κ2) is 6.55. The van der Waals surface area contributed by atoms with Crippen LogP contribution in [-0.4, -0.2) is 65.4 Å². The molecular weight excluding hydrogens is 356 g/mol. The summed E-state index contributed by atoms with van der Waals surface area (Å²) in [5.41, 5.74) is 1.70. The van der Waals surface area contributed by atoms with Crippen LogP contribution in [0.1, 0.15) is 5.82 Å². The van der Waals surface area contributed by atoms with Gasteiger partial charge in [0, 0.05) is 45.6 Å². The predicted octanol–water partition coefficient (Wildman–Crippen LogP) is 0.974. The fourth-order valence-electron chi connectivity index (χ4n) is 3.55. The van der Waals surface area contributed by atoms with E-state index < -0.39 is 0 Å². The van der Waals surface area contributed by atoms with Crippen LogP contribution in [0.15, 0.2) is 37.2 Å². The van der Waals surface area contributed by atoms with Crippen LogP contribution in [0.2, 0.25) is 0 Å². The lowest BCUT2D eigenvalue weighted by Gasteiger charge is -2.35. The first-order valence-electron chi connectivity index (χ1n) is 9.17. The Labute approximate surface area is 161 Å². The third-order valence-electron chi connectivity index (χ3n) is 5.09. The Balaban J connectivity index is 1.31. The molecular formula is C18H20N10. The van der Waals surface area contributed by atoms with E-state index in [9.17, 15) is 0 Å². The number of hydrogen-bond donors (Lipinski definition) is 0. The van der Waals surface area contributed by atoms with E-state index in [1.54, 1.807) is 18.9 Å². The molecule has 4 aromatic rings. The molecule has 0 radical (unpaired) electrons. The minimum Gasteiger partial charge on any atom is -0.352 e. The summed E-state index contributed by atoms with van der Waals surface area (Å²) in [6.45, 7) is 5.31. The molecule has 0 atom stereocenters. The average Bonchev–Trinajstić information content (AvgIpc) is 3.34. The van der Waals surface area contributed by atoms with Gasteiger partial charge in [0.15, 0.2) is 28.6 Å². The van der Waals surface area contributed by atoms with Gasteiger partial charge in [0.2, 0.25) is 0 Å². The van der Waals surface area contributed by atoms with Gasteiger partial charge < -0.3 is 14.4 Å². The van der Waals surface area contributed by atoms with Gasteiger partial charge in [-0.15, -0.1) is 10.2 Å². The van der Waals surface area contributed by atoms with Crippen molar-refractivity contribution in [3.63, 3.8) is 0 Å². The molecule has 0 spiro atoms. The summed E-state index contributed by atoms with van der Waals surface area (Å²) in [6, 6.07) is 3.99. The number of anilines is 2. The van der Waals surface area contributed by atoms with Gasteiger partial charge in [-0.1, -0.05) is 0 Å². The number of aryl methyl sites for hydroxylation is 2. The maximum Gasteiger partial charge on any atom is 0.165 e. The van der Waals surface area contributed by atoms with Crippen molar-refractivity contribution in [3.8, 4) is 5.82 Å². The fraction of sp³-hybridized carbons (Fsp3) is 0.333. The number of rotatable bonds is 3. The lowest BCUT2D eigenvalue weighted by atomic mass is 10.3. The van der Waals surface area contributed by atoms with Crippen molar-refractivity contribution in [3.05, 3.63) is 43.0 Å². The quantitative estimate of drug-likeness (QED) is 0.522. The minimum atomic E-state index is 0.774. The first-order valence-corrected chi connectivity index (χ1v) is 9.17. The van der Waals surface area contributed by atoms with Crippen molar-refractivity contribution >= 4 is 22.8 Å². The topological polar surface area (TPSA) is 93.7 Å². The maximum atomic E-state index is 4.47. The zero-order valence-electron chi connectivity index (χ0n) is 15.8. The molecule has 0 bridgehead atoms. The summed E-state index contributed by atoms with van der Waals surface area (Å²) >= 11 is 0. The number of fused-ring (bicyclic) bond motifs is 1. The summed E-state index contributed by atoms with van der Waals surface area (Å²) in [4.78, 5) is 22.0. The van der Waals surface area contributed by atoms with Gasteiger partial charge >= 0.3 is 0 Å². The van der Waals surface area contributed by atoms with E-state index in [-0.39, 0.29) is 0 Å². The lowest BCUT2D eigenvalue weighted by Crippen LogP contribution is -2.47. The van der Waals surface area contributed by atoms with Crippen molar-refractivity contribution in [2.24, 2.45) is 7.05 Å². The third kappa shape index (κ3) is 2.73. The summed E-state index contributed by atoms with van der Waals surface area (Å²) in [5, 5.41) is 8.78. The van der Waals surface area contributed by atoms with E-state index in [1.165, 1.54) is 0 Å². The van der Waals surface area contributed by atoms with Gasteiger partial charge in [-0.2, -0.15) is 0 Å². The van der Waals surface area contributed by atoms with E-state index in [0.29, 0.717) is 0 Å². The second-order valence-electron chi connectivity index (χ2n) is 6.79. The number of piperazine rings is 1. The molecule has 0 N–H and O–H groups in total. The summed E-state index contributed by atoms with van der Waals surface area (Å²) in [5.74, 6) is 3.44.